The van der Waals surface area contributed by atoms with Gasteiger partial charge in [0, 0.05) is 23.3 Å². The molecular formula is C23H19ClN4O2. The number of methoxy groups -OCH3 is 1. The molecule has 0 aliphatic heterocycles. The van der Waals surface area contributed by atoms with E-state index in [2.05, 4.69) is 27.4 Å². The number of nitrogens with one attached hydrogen (secondary N) is 1. The minimum Gasteiger partial charge on any atom is -0.481 e. The highest BCUT2D eigenvalue weighted by molar-refractivity contribution is 6.32. The number of aromatic nitrogens is 3. The van der Waals surface area contributed by atoms with Crippen LogP contribution < -0.4 is 15.7 Å². The Labute approximate surface area is 178 Å². The number of para-hydroxylation sites is 1. The minimum absolute atomic E-state index is 0.396. The SMILES string of the molecule is COc1cc(Nc2nc(=O)n(-c3ccccc3Cl)c3cc(C4CC4)ccc23)ccn1. The lowest BCUT2D eigenvalue weighted by atomic mass is 10.1. The molecule has 1 saturated carbocycles. The number of anilines is 2. The normalized spacial score (nSPS) is 13.4. The summed E-state index contributed by atoms with van der Waals surface area (Å²) in [5.41, 5.74) is 2.96. The summed E-state index contributed by atoms with van der Waals surface area (Å²) in [7, 11) is 1.56. The highest BCUT2D eigenvalue weighted by Gasteiger charge is 2.25. The van der Waals surface area contributed by atoms with Crippen molar-refractivity contribution < 1.29 is 4.74 Å². The number of hydrogen-bond donors (Lipinski definition) is 1. The van der Waals surface area contributed by atoms with Gasteiger partial charge >= 0.3 is 5.69 Å². The maximum absolute atomic E-state index is 13.1. The van der Waals surface area contributed by atoms with Crippen molar-refractivity contribution in [3.63, 3.8) is 0 Å². The van der Waals surface area contributed by atoms with E-state index in [0.717, 1.165) is 16.6 Å². The third kappa shape index (κ3) is 3.39. The number of halogens is 1. The third-order valence-corrected chi connectivity index (χ3v) is 5.58. The van der Waals surface area contributed by atoms with Gasteiger partial charge in [-0.15, -0.1) is 0 Å². The van der Waals surface area contributed by atoms with Gasteiger partial charge in [-0.2, -0.15) is 4.98 Å². The molecule has 0 bridgehead atoms. The van der Waals surface area contributed by atoms with E-state index in [1.807, 2.05) is 24.3 Å². The molecule has 7 heteroatoms. The maximum atomic E-state index is 13.1. The summed E-state index contributed by atoms with van der Waals surface area (Å²) in [4.78, 5) is 21.6. The lowest BCUT2D eigenvalue weighted by molar-refractivity contribution is 0.398. The zero-order chi connectivity index (χ0) is 20.7. The van der Waals surface area contributed by atoms with Crippen LogP contribution >= 0.6 is 11.6 Å². The van der Waals surface area contributed by atoms with Gasteiger partial charge in [-0.05, 0) is 54.7 Å². The standard InChI is InChI=1S/C23H19ClN4O2/c1-30-21-13-16(10-11-25-21)26-22-17-9-8-15(14-6-7-14)12-20(17)28(23(29)27-22)19-5-3-2-4-18(19)24/h2-5,8-14H,6-7H2,1H3,(H,25,26,27,29). The predicted molar refractivity (Wildman–Crippen MR) is 118 cm³/mol. The highest BCUT2D eigenvalue weighted by Crippen LogP contribution is 2.41. The van der Waals surface area contributed by atoms with E-state index in [-0.39, 0.29) is 0 Å². The fourth-order valence-electron chi connectivity index (χ4n) is 3.61. The number of nitrogens with zero attached hydrogens (tertiary/aromatic N) is 3. The topological polar surface area (TPSA) is 69.0 Å². The summed E-state index contributed by atoms with van der Waals surface area (Å²) >= 11 is 6.42. The van der Waals surface area contributed by atoms with Gasteiger partial charge in [0.2, 0.25) is 5.88 Å². The summed E-state index contributed by atoms with van der Waals surface area (Å²) in [6.45, 7) is 0. The minimum atomic E-state index is -0.396. The molecule has 5 rings (SSSR count). The Balaban J connectivity index is 1.72. The monoisotopic (exact) mass is 418 g/mol. The molecule has 0 unspecified atom stereocenters. The number of benzene rings is 2. The van der Waals surface area contributed by atoms with Crippen LogP contribution in [0.5, 0.6) is 5.88 Å². The molecule has 2 aromatic carbocycles. The summed E-state index contributed by atoms with van der Waals surface area (Å²) in [5.74, 6) is 1.51. The fourth-order valence-corrected chi connectivity index (χ4v) is 3.83. The molecule has 0 saturated heterocycles. The van der Waals surface area contributed by atoms with Crippen LogP contribution in [0.1, 0.15) is 24.3 Å². The predicted octanol–water partition coefficient (Wildman–Crippen LogP) is 5.06. The van der Waals surface area contributed by atoms with Gasteiger partial charge in [-0.1, -0.05) is 29.8 Å². The Bertz CT molecular complexity index is 1310. The van der Waals surface area contributed by atoms with Crippen molar-refractivity contribution in [2.75, 3.05) is 12.4 Å². The van der Waals surface area contributed by atoms with Gasteiger partial charge in [0.15, 0.2) is 0 Å². The molecule has 1 aliphatic carbocycles. The molecule has 6 nitrogen and oxygen atoms in total. The first kappa shape index (κ1) is 18.6. The molecule has 2 heterocycles. The largest absolute Gasteiger partial charge is 0.481 e. The van der Waals surface area contributed by atoms with Gasteiger partial charge in [-0.3, -0.25) is 4.57 Å². The second-order valence-corrected chi connectivity index (χ2v) is 7.70. The molecule has 0 spiro atoms. The van der Waals surface area contributed by atoms with Crippen molar-refractivity contribution in [1.29, 1.82) is 0 Å². The van der Waals surface area contributed by atoms with Crippen LogP contribution in [0.25, 0.3) is 16.6 Å². The number of rotatable bonds is 5. The smallest absolute Gasteiger partial charge is 0.354 e. The van der Waals surface area contributed by atoms with Crippen LogP contribution in [-0.4, -0.2) is 21.6 Å². The Morgan fingerprint density at radius 3 is 2.73 bits per heavy atom. The van der Waals surface area contributed by atoms with E-state index < -0.39 is 5.69 Å². The van der Waals surface area contributed by atoms with Gasteiger partial charge in [0.05, 0.1) is 23.3 Å². The molecule has 1 N–H and O–H groups in total. The molecule has 1 aliphatic rings. The number of hydrogen-bond acceptors (Lipinski definition) is 5. The Kier molecular flexibility index (Phi) is 4.64. The Morgan fingerprint density at radius 1 is 1.13 bits per heavy atom. The first-order valence-corrected chi connectivity index (χ1v) is 10.1. The first-order valence-electron chi connectivity index (χ1n) is 9.73. The number of pyridine rings is 1. The third-order valence-electron chi connectivity index (χ3n) is 5.27. The quantitative estimate of drug-likeness (QED) is 0.490. The van der Waals surface area contributed by atoms with Crippen LogP contribution in [0, 0.1) is 0 Å². The maximum Gasteiger partial charge on any atom is 0.354 e. The molecule has 0 atom stereocenters. The molecule has 1 fully saturated rings. The molecule has 30 heavy (non-hydrogen) atoms. The van der Waals surface area contributed by atoms with Gasteiger partial charge in [0.1, 0.15) is 5.82 Å². The summed E-state index contributed by atoms with van der Waals surface area (Å²) in [5, 5.41) is 4.57. The fraction of sp³-hybridized carbons (Fsp3) is 0.174. The van der Waals surface area contributed by atoms with Crippen molar-refractivity contribution >= 4 is 34.0 Å². The van der Waals surface area contributed by atoms with E-state index >= 15 is 0 Å². The van der Waals surface area contributed by atoms with E-state index in [0.29, 0.717) is 28.3 Å². The van der Waals surface area contributed by atoms with Crippen molar-refractivity contribution in [2.24, 2.45) is 0 Å². The van der Waals surface area contributed by atoms with Crippen molar-refractivity contribution in [3.8, 4) is 11.6 Å². The average Bonchev–Trinajstić information content (AvgIpc) is 3.60. The summed E-state index contributed by atoms with van der Waals surface area (Å²) < 4.78 is 6.78. The molecule has 2 aromatic heterocycles. The van der Waals surface area contributed by atoms with Crippen LogP contribution in [-0.2, 0) is 0 Å². The van der Waals surface area contributed by atoms with Gasteiger partial charge in [-0.25, -0.2) is 9.78 Å². The van der Waals surface area contributed by atoms with Gasteiger partial charge < -0.3 is 10.1 Å². The highest BCUT2D eigenvalue weighted by atomic mass is 35.5. The molecule has 4 aromatic rings. The molecular weight excluding hydrogens is 400 g/mol. The second kappa shape index (κ2) is 7.46. The van der Waals surface area contributed by atoms with Crippen LogP contribution in [0.4, 0.5) is 11.5 Å². The van der Waals surface area contributed by atoms with E-state index in [9.17, 15) is 4.79 Å². The van der Waals surface area contributed by atoms with Crippen molar-refractivity contribution in [1.82, 2.24) is 14.5 Å². The lowest BCUT2D eigenvalue weighted by Crippen LogP contribution is -2.23. The Morgan fingerprint density at radius 2 is 1.97 bits per heavy atom. The summed E-state index contributed by atoms with van der Waals surface area (Å²) in [6.07, 6.45) is 3.99. The molecule has 0 radical (unpaired) electrons. The zero-order valence-electron chi connectivity index (χ0n) is 16.3. The number of ether oxygens (including phenoxy) is 1. The van der Waals surface area contributed by atoms with Crippen LogP contribution in [0.2, 0.25) is 5.02 Å². The lowest BCUT2D eigenvalue weighted by Gasteiger charge is -2.16. The Hall–Kier alpha value is -3.38. The van der Waals surface area contributed by atoms with Crippen LogP contribution in [0.3, 0.4) is 0 Å². The van der Waals surface area contributed by atoms with Gasteiger partial charge in [0.25, 0.3) is 0 Å². The van der Waals surface area contributed by atoms with E-state index in [4.69, 9.17) is 16.3 Å². The van der Waals surface area contributed by atoms with Crippen molar-refractivity contribution in [3.05, 3.63) is 81.9 Å². The van der Waals surface area contributed by atoms with E-state index in [1.165, 1.54) is 18.4 Å². The average molecular weight is 419 g/mol. The molecule has 150 valence electrons. The molecule has 0 amide bonds. The van der Waals surface area contributed by atoms with Crippen molar-refractivity contribution in [2.45, 2.75) is 18.8 Å². The number of fused-ring (bicyclic) bond motifs is 1. The first-order chi connectivity index (χ1) is 14.6. The summed E-state index contributed by atoms with van der Waals surface area (Å²) in [6, 6.07) is 17.1. The zero-order valence-corrected chi connectivity index (χ0v) is 17.1. The van der Waals surface area contributed by atoms with Crippen LogP contribution in [0.15, 0.2) is 65.6 Å². The second-order valence-electron chi connectivity index (χ2n) is 7.29. The van der Waals surface area contributed by atoms with E-state index in [1.54, 1.807) is 36.1 Å².